The largest absolute Gasteiger partial charge is 0.478 e. The maximum absolute atomic E-state index is 12.9. The molecule has 1 aliphatic heterocycles. The third kappa shape index (κ3) is 2.03. The van der Waals surface area contributed by atoms with E-state index in [-0.39, 0.29) is 12.2 Å². The zero-order valence-corrected chi connectivity index (χ0v) is 8.39. The topological polar surface area (TPSA) is 66.8 Å². The Labute approximate surface area is 94.2 Å². The van der Waals surface area contributed by atoms with Crippen molar-refractivity contribution in [2.75, 3.05) is 11.4 Å². The highest BCUT2D eigenvalue weighted by Crippen LogP contribution is 2.23. The van der Waals surface area contributed by atoms with Crippen molar-refractivity contribution in [2.24, 2.45) is 0 Å². The van der Waals surface area contributed by atoms with Gasteiger partial charge in [-0.15, -0.1) is 0 Å². The van der Waals surface area contributed by atoms with Gasteiger partial charge >= 0.3 is 12.1 Å². The molecule has 17 heavy (non-hydrogen) atoms. The molecule has 0 saturated carbocycles. The molecule has 1 heterocycles. The molecule has 2 rings (SSSR count). The van der Waals surface area contributed by atoms with Crippen LogP contribution in [0.3, 0.4) is 0 Å². The third-order valence-corrected chi connectivity index (χ3v) is 2.30. The molecule has 1 unspecified atom stereocenters. The highest BCUT2D eigenvalue weighted by Gasteiger charge is 2.37. The Morgan fingerprint density at radius 2 is 2.12 bits per heavy atom. The molecular weight excluding hydrogens is 236 g/mol. The van der Waals surface area contributed by atoms with Crippen LogP contribution in [-0.2, 0) is 9.53 Å². The van der Waals surface area contributed by atoms with Crippen molar-refractivity contribution in [1.82, 2.24) is 0 Å². The van der Waals surface area contributed by atoms with Gasteiger partial charge in [-0.25, -0.2) is 18.4 Å². The summed E-state index contributed by atoms with van der Waals surface area (Å²) in [6.45, 7) is -0.237. The van der Waals surface area contributed by atoms with Gasteiger partial charge in [-0.05, 0) is 12.1 Å². The highest BCUT2D eigenvalue weighted by molar-refractivity contribution is 5.93. The molecule has 0 aromatic heterocycles. The fourth-order valence-electron chi connectivity index (χ4n) is 1.46. The minimum absolute atomic E-state index is 0.0534. The first-order valence-electron chi connectivity index (χ1n) is 4.65. The van der Waals surface area contributed by atoms with Crippen LogP contribution in [0.2, 0.25) is 0 Å². The molecule has 0 aliphatic carbocycles. The smallest absolute Gasteiger partial charge is 0.415 e. The molecule has 1 aromatic carbocycles. The lowest BCUT2D eigenvalue weighted by Crippen LogP contribution is -2.27. The molecule has 0 spiro atoms. The molecule has 1 fully saturated rings. The molecule has 1 aromatic rings. The number of hydrogen-bond donors (Lipinski definition) is 1. The second kappa shape index (κ2) is 4.00. The van der Waals surface area contributed by atoms with E-state index in [1.165, 1.54) is 6.07 Å². The minimum Gasteiger partial charge on any atom is -0.478 e. The number of carbonyl (C=O) groups is 2. The molecule has 1 N–H and O–H groups in total. The fourth-order valence-corrected chi connectivity index (χ4v) is 1.46. The maximum Gasteiger partial charge on any atom is 0.415 e. The van der Waals surface area contributed by atoms with E-state index in [4.69, 9.17) is 5.11 Å². The lowest BCUT2D eigenvalue weighted by Gasteiger charge is -2.12. The van der Waals surface area contributed by atoms with Crippen molar-refractivity contribution in [1.29, 1.82) is 0 Å². The standard InChI is InChI=1S/C10H7F2NO4/c11-6-2-1-5(3-7(6)12)13-4-8(9(14)15)17-10(13)16/h1-3,8H,4H2,(H,14,15). The lowest BCUT2D eigenvalue weighted by molar-refractivity contribution is -0.144. The first-order chi connectivity index (χ1) is 7.99. The SMILES string of the molecule is O=C(O)C1CN(c2ccc(F)c(F)c2)C(=O)O1. The summed E-state index contributed by atoms with van der Waals surface area (Å²) in [7, 11) is 0. The van der Waals surface area contributed by atoms with Crippen molar-refractivity contribution in [3.05, 3.63) is 29.8 Å². The van der Waals surface area contributed by atoms with Crippen molar-refractivity contribution in [3.63, 3.8) is 0 Å². The van der Waals surface area contributed by atoms with E-state index in [2.05, 4.69) is 4.74 Å². The van der Waals surface area contributed by atoms with Crippen LogP contribution in [-0.4, -0.2) is 29.8 Å². The van der Waals surface area contributed by atoms with Crippen LogP contribution in [0.25, 0.3) is 0 Å². The number of carbonyl (C=O) groups excluding carboxylic acids is 1. The van der Waals surface area contributed by atoms with Crippen LogP contribution < -0.4 is 4.90 Å². The lowest BCUT2D eigenvalue weighted by atomic mass is 10.2. The summed E-state index contributed by atoms with van der Waals surface area (Å²) in [5.74, 6) is -3.45. The Balaban J connectivity index is 2.26. The normalized spacial score (nSPS) is 19.3. The van der Waals surface area contributed by atoms with Crippen LogP contribution in [0.5, 0.6) is 0 Å². The Hall–Kier alpha value is -2.18. The highest BCUT2D eigenvalue weighted by atomic mass is 19.2. The predicted molar refractivity (Wildman–Crippen MR) is 51.6 cm³/mol. The molecule has 1 amide bonds. The maximum atomic E-state index is 12.9. The Morgan fingerprint density at radius 3 is 2.65 bits per heavy atom. The number of ether oxygens (including phenoxy) is 1. The van der Waals surface area contributed by atoms with E-state index >= 15 is 0 Å². The van der Waals surface area contributed by atoms with Gasteiger partial charge in [0.25, 0.3) is 0 Å². The minimum atomic E-state index is -1.30. The van der Waals surface area contributed by atoms with E-state index in [0.717, 1.165) is 17.0 Å². The molecule has 5 nitrogen and oxygen atoms in total. The van der Waals surface area contributed by atoms with Gasteiger partial charge in [0.2, 0.25) is 6.10 Å². The summed E-state index contributed by atoms with van der Waals surface area (Å²) < 4.78 is 30.2. The van der Waals surface area contributed by atoms with Crippen LogP contribution >= 0.6 is 0 Å². The van der Waals surface area contributed by atoms with Crippen molar-refractivity contribution in [2.45, 2.75) is 6.10 Å². The van der Waals surface area contributed by atoms with E-state index in [1.54, 1.807) is 0 Å². The average molecular weight is 243 g/mol. The molecule has 1 atom stereocenters. The van der Waals surface area contributed by atoms with Gasteiger partial charge < -0.3 is 9.84 Å². The van der Waals surface area contributed by atoms with Crippen LogP contribution in [0.4, 0.5) is 19.3 Å². The number of hydrogen-bond acceptors (Lipinski definition) is 3. The number of aliphatic carboxylic acids is 1. The number of rotatable bonds is 2. The summed E-state index contributed by atoms with van der Waals surface area (Å²) in [6, 6.07) is 2.83. The predicted octanol–water partition coefficient (Wildman–Crippen LogP) is 1.37. The molecule has 7 heteroatoms. The zero-order chi connectivity index (χ0) is 12.6. The molecule has 0 bridgehead atoms. The van der Waals surface area contributed by atoms with Crippen LogP contribution in [0.1, 0.15) is 0 Å². The molecule has 90 valence electrons. The second-order valence-corrected chi connectivity index (χ2v) is 3.42. The zero-order valence-electron chi connectivity index (χ0n) is 8.39. The van der Waals surface area contributed by atoms with Crippen molar-refractivity contribution < 1.29 is 28.2 Å². The molecule has 1 aliphatic rings. The molecular formula is C10H7F2NO4. The number of carboxylic acids is 1. The second-order valence-electron chi connectivity index (χ2n) is 3.42. The van der Waals surface area contributed by atoms with E-state index < -0.39 is 29.8 Å². The van der Waals surface area contributed by atoms with E-state index in [1.807, 2.05) is 0 Å². The van der Waals surface area contributed by atoms with Gasteiger partial charge in [-0.3, -0.25) is 4.90 Å². The summed E-state index contributed by atoms with van der Waals surface area (Å²) in [5.41, 5.74) is 0.0534. The number of nitrogens with zero attached hydrogens (tertiary/aromatic N) is 1. The van der Waals surface area contributed by atoms with Gasteiger partial charge in [0, 0.05) is 6.07 Å². The Kier molecular flexibility index (Phi) is 2.66. The van der Waals surface area contributed by atoms with E-state index in [0.29, 0.717) is 0 Å². The van der Waals surface area contributed by atoms with Crippen LogP contribution in [0.15, 0.2) is 18.2 Å². The van der Waals surface area contributed by atoms with Crippen molar-refractivity contribution >= 4 is 17.7 Å². The fraction of sp³-hybridized carbons (Fsp3) is 0.200. The Bertz CT molecular complexity index is 491. The van der Waals surface area contributed by atoms with Gasteiger partial charge in [-0.1, -0.05) is 0 Å². The number of halogens is 2. The monoisotopic (exact) mass is 243 g/mol. The van der Waals surface area contributed by atoms with Crippen molar-refractivity contribution in [3.8, 4) is 0 Å². The quantitative estimate of drug-likeness (QED) is 0.851. The number of amides is 1. The number of carboxylic acid groups (broad SMARTS) is 1. The number of anilines is 1. The number of cyclic esters (lactones) is 1. The summed E-state index contributed by atoms with van der Waals surface area (Å²) >= 11 is 0. The summed E-state index contributed by atoms with van der Waals surface area (Å²) in [5, 5.41) is 8.66. The molecule has 1 saturated heterocycles. The van der Waals surface area contributed by atoms with Gasteiger partial charge in [0.1, 0.15) is 0 Å². The first kappa shape index (κ1) is 11.3. The first-order valence-corrected chi connectivity index (χ1v) is 4.65. The van der Waals surface area contributed by atoms with Gasteiger partial charge in [-0.2, -0.15) is 0 Å². The number of benzene rings is 1. The van der Waals surface area contributed by atoms with E-state index in [9.17, 15) is 18.4 Å². The Morgan fingerprint density at radius 1 is 1.41 bits per heavy atom. The molecule has 0 radical (unpaired) electrons. The summed E-state index contributed by atoms with van der Waals surface area (Å²) in [4.78, 5) is 22.8. The van der Waals surface area contributed by atoms with Crippen LogP contribution in [0, 0.1) is 11.6 Å². The van der Waals surface area contributed by atoms with Gasteiger partial charge in [0.05, 0.1) is 12.2 Å². The average Bonchev–Trinajstić information content (AvgIpc) is 2.65. The van der Waals surface area contributed by atoms with Gasteiger partial charge in [0.15, 0.2) is 11.6 Å². The third-order valence-electron chi connectivity index (χ3n) is 2.30. The summed E-state index contributed by atoms with van der Waals surface area (Å²) in [6.07, 6.45) is -2.20.